The lowest BCUT2D eigenvalue weighted by Crippen LogP contribution is -2.36. The normalized spacial score (nSPS) is 17.3. The Hall–Kier alpha value is -2.35. The molecule has 1 unspecified atom stereocenters. The lowest BCUT2D eigenvalue weighted by atomic mass is 9.95. The van der Waals surface area contributed by atoms with Crippen molar-refractivity contribution in [2.75, 3.05) is 4.90 Å². The van der Waals surface area contributed by atoms with Crippen LogP contribution >= 0.6 is 0 Å². The van der Waals surface area contributed by atoms with Gasteiger partial charge in [0, 0.05) is 18.3 Å². The van der Waals surface area contributed by atoms with E-state index in [4.69, 9.17) is 0 Å². The van der Waals surface area contributed by atoms with Gasteiger partial charge in [0.2, 0.25) is 0 Å². The molecule has 0 saturated heterocycles. The Labute approximate surface area is 136 Å². The van der Waals surface area contributed by atoms with Crippen LogP contribution in [-0.2, 0) is 13.0 Å². The summed E-state index contributed by atoms with van der Waals surface area (Å²) in [6.07, 6.45) is 2.03. The second kappa shape index (κ2) is 5.69. The Bertz CT molecular complexity index is 850. The lowest BCUT2D eigenvalue weighted by molar-refractivity contribution is 0.554. The van der Waals surface area contributed by atoms with Crippen molar-refractivity contribution in [3.8, 4) is 0 Å². The monoisotopic (exact) mass is 305 g/mol. The Morgan fingerprint density at radius 2 is 1.87 bits per heavy atom. The van der Waals surface area contributed by atoms with Gasteiger partial charge in [0.1, 0.15) is 5.82 Å². The van der Waals surface area contributed by atoms with E-state index in [-0.39, 0.29) is 5.82 Å². The molecule has 0 radical (unpaired) electrons. The molecule has 23 heavy (non-hydrogen) atoms. The van der Waals surface area contributed by atoms with Gasteiger partial charge in [-0.25, -0.2) is 4.39 Å². The smallest absolute Gasteiger partial charge is 0.123 e. The van der Waals surface area contributed by atoms with Crippen LogP contribution in [0.2, 0.25) is 0 Å². The topological polar surface area (TPSA) is 3.24 Å². The molecule has 4 rings (SSSR count). The van der Waals surface area contributed by atoms with Crippen LogP contribution in [0.3, 0.4) is 0 Å². The summed E-state index contributed by atoms with van der Waals surface area (Å²) in [7, 11) is 0. The zero-order chi connectivity index (χ0) is 15.8. The molecule has 3 aromatic rings. The Morgan fingerprint density at radius 3 is 2.78 bits per heavy atom. The van der Waals surface area contributed by atoms with E-state index in [1.54, 1.807) is 12.1 Å². The summed E-state index contributed by atoms with van der Waals surface area (Å²) in [5, 5.41) is 2.57. The molecule has 1 nitrogen and oxygen atoms in total. The second-order valence-electron chi connectivity index (χ2n) is 6.43. The van der Waals surface area contributed by atoms with Gasteiger partial charge >= 0.3 is 0 Å². The standard InChI is InChI=1S/C21H20FN/c1-15-9-10-17-13-19(22)11-12-21(17)23(15)14-18-7-4-6-16-5-2-3-8-20(16)18/h2-8,11-13,15H,9-10,14H2,1H3. The van der Waals surface area contributed by atoms with Crippen LogP contribution in [0.5, 0.6) is 0 Å². The van der Waals surface area contributed by atoms with Crippen molar-refractivity contribution < 1.29 is 4.39 Å². The number of nitrogens with zero attached hydrogens (tertiary/aromatic N) is 1. The number of halogens is 1. The summed E-state index contributed by atoms with van der Waals surface area (Å²) in [6.45, 7) is 3.12. The molecule has 3 aromatic carbocycles. The van der Waals surface area contributed by atoms with Gasteiger partial charge in [-0.15, -0.1) is 0 Å². The van der Waals surface area contributed by atoms with E-state index in [1.165, 1.54) is 22.0 Å². The summed E-state index contributed by atoms with van der Waals surface area (Å²) in [5.41, 5.74) is 3.63. The third-order valence-electron chi connectivity index (χ3n) is 4.94. The molecule has 0 spiro atoms. The predicted molar refractivity (Wildman–Crippen MR) is 94.3 cm³/mol. The van der Waals surface area contributed by atoms with Gasteiger partial charge in [-0.2, -0.15) is 0 Å². The highest BCUT2D eigenvalue weighted by Gasteiger charge is 2.23. The predicted octanol–water partition coefficient (Wildman–Crippen LogP) is 5.32. The van der Waals surface area contributed by atoms with Crippen LogP contribution in [0.4, 0.5) is 10.1 Å². The van der Waals surface area contributed by atoms with E-state index in [1.807, 2.05) is 6.07 Å². The fraction of sp³-hybridized carbons (Fsp3) is 0.238. The van der Waals surface area contributed by atoms with Crippen molar-refractivity contribution in [3.63, 3.8) is 0 Å². The van der Waals surface area contributed by atoms with Crippen molar-refractivity contribution in [1.29, 1.82) is 0 Å². The Balaban J connectivity index is 1.76. The highest BCUT2D eigenvalue weighted by molar-refractivity contribution is 5.86. The lowest BCUT2D eigenvalue weighted by Gasteiger charge is -2.37. The summed E-state index contributed by atoms with van der Waals surface area (Å²) < 4.78 is 13.5. The van der Waals surface area contributed by atoms with Crippen LogP contribution in [-0.4, -0.2) is 6.04 Å². The first-order valence-corrected chi connectivity index (χ1v) is 8.24. The Morgan fingerprint density at radius 1 is 1.04 bits per heavy atom. The fourth-order valence-corrected chi connectivity index (χ4v) is 3.65. The van der Waals surface area contributed by atoms with Crippen LogP contribution in [0.1, 0.15) is 24.5 Å². The first-order valence-electron chi connectivity index (χ1n) is 8.24. The quantitative estimate of drug-likeness (QED) is 0.619. The van der Waals surface area contributed by atoms with Gasteiger partial charge in [-0.1, -0.05) is 42.5 Å². The maximum Gasteiger partial charge on any atom is 0.123 e. The SMILES string of the molecule is CC1CCc2cc(F)ccc2N1Cc1cccc2ccccc12. The molecular weight excluding hydrogens is 285 g/mol. The van der Waals surface area contributed by atoms with Gasteiger partial charge < -0.3 is 4.90 Å². The highest BCUT2D eigenvalue weighted by Crippen LogP contribution is 2.33. The average molecular weight is 305 g/mol. The second-order valence-corrected chi connectivity index (χ2v) is 6.43. The van der Waals surface area contributed by atoms with Crippen LogP contribution < -0.4 is 4.90 Å². The maximum atomic E-state index is 13.5. The molecule has 1 aliphatic rings. The van der Waals surface area contributed by atoms with Gasteiger partial charge in [0.05, 0.1) is 0 Å². The number of fused-ring (bicyclic) bond motifs is 2. The summed E-state index contributed by atoms with van der Waals surface area (Å²) >= 11 is 0. The number of rotatable bonds is 2. The molecule has 0 N–H and O–H groups in total. The first kappa shape index (κ1) is 14.3. The molecule has 0 saturated carbocycles. The van der Waals surface area contributed by atoms with E-state index in [9.17, 15) is 4.39 Å². The van der Waals surface area contributed by atoms with E-state index in [2.05, 4.69) is 54.3 Å². The fourth-order valence-electron chi connectivity index (χ4n) is 3.65. The summed E-state index contributed by atoms with van der Waals surface area (Å²) in [5.74, 6) is -0.136. The summed E-state index contributed by atoms with van der Waals surface area (Å²) in [6, 6.07) is 20.7. The summed E-state index contributed by atoms with van der Waals surface area (Å²) in [4.78, 5) is 2.42. The molecule has 1 aliphatic heterocycles. The molecule has 1 atom stereocenters. The first-order chi connectivity index (χ1) is 11.2. The third-order valence-corrected chi connectivity index (χ3v) is 4.94. The van der Waals surface area contributed by atoms with Crippen molar-refractivity contribution in [2.45, 2.75) is 32.4 Å². The van der Waals surface area contributed by atoms with E-state index >= 15 is 0 Å². The maximum absolute atomic E-state index is 13.5. The van der Waals surface area contributed by atoms with Crippen molar-refractivity contribution in [2.24, 2.45) is 0 Å². The number of hydrogen-bond acceptors (Lipinski definition) is 1. The van der Waals surface area contributed by atoms with Crippen molar-refractivity contribution in [3.05, 3.63) is 77.6 Å². The van der Waals surface area contributed by atoms with Gasteiger partial charge in [0.25, 0.3) is 0 Å². The molecule has 116 valence electrons. The number of hydrogen-bond donors (Lipinski definition) is 0. The molecule has 1 heterocycles. The number of benzene rings is 3. The molecule has 0 aliphatic carbocycles. The third kappa shape index (κ3) is 2.59. The van der Waals surface area contributed by atoms with Crippen LogP contribution in [0, 0.1) is 5.82 Å². The highest BCUT2D eigenvalue weighted by atomic mass is 19.1. The zero-order valence-electron chi connectivity index (χ0n) is 13.3. The van der Waals surface area contributed by atoms with Crippen LogP contribution in [0.15, 0.2) is 60.7 Å². The minimum atomic E-state index is -0.136. The molecule has 0 aromatic heterocycles. The Kier molecular flexibility index (Phi) is 3.53. The average Bonchev–Trinajstić information content (AvgIpc) is 2.57. The molecule has 0 amide bonds. The number of anilines is 1. The van der Waals surface area contributed by atoms with Crippen molar-refractivity contribution in [1.82, 2.24) is 0 Å². The largest absolute Gasteiger partial charge is 0.364 e. The van der Waals surface area contributed by atoms with Gasteiger partial charge in [0.15, 0.2) is 0 Å². The molecule has 0 fully saturated rings. The van der Waals surface area contributed by atoms with E-state index in [0.29, 0.717) is 6.04 Å². The van der Waals surface area contributed by atoms with Crippen molar-refractivity contribution >= 4 is 16.5 Å². The zero-order valence-corrected chi connectivity index (χ0v) is 13.3. The van der Waals surface area contributed by atoms with Crippen LogP contribution in [0.25, 0.3) is 10.8 Å². The van der Waals surface area contributed by atoms with E-state index < -0.39 is 0 Å². The number of aryl methyl sites for hydroxylation is 1. The molecule has 2 heteroatoms. The molecular formula is C21H20FN. The van der Waals surface area contributed by atoms with E-state index in [0.717, 1.165) is 24.9 Å². The van der Waals surface area contributed by atoms with Gasteiger partial charge in [-0.05, 0) is 59.9 Å². The van der Waals surface area contributed by atoms with Gasteiger partial charge in [-0.3, -0.25) is 0 Å². The minimum Gasteiger partial charge on any atom is -0.364 e. The minimum absolute atomic E-state index is 0.136. The molecule has 0 bridgehead atoms.